The van der Waals surface area contributed by atoms with Gasteiger partial charge in [-0.3, -0.25) is 4.68 Å². The normalized spacial score (nSPS) is 11.5. The van der Waals surface area contributed by atoms with Crippen LogP contribution in [0, 0.1) is 6.92 Å². The highest BCUT2D eigenvalue weighted by atomic mass is 16.5. The smallest absolute Gasteiger partial charge is 0.222 e. The Labute approximate surface area is 192 Å². The highest BCUT2D eigenvalue weighted by molar-refractivity contribution is 5.93. The van der Waals surface area contributed by atoms with Gasteiger partial charge in [-0.15, -0.1) is 0 Å². The molecule has 0 saturated heterocycles. The van der Waals surface area contributed by atoms with E-state index in [4.69, 9.17) is 14.8 Å². The third-order valence-corrected chi connectivity index (χ3v) is 5.61. The van der Waals surface area contributed by atoms with Gasteiger partial charge in [0.15, 0.2) is 0 Å². The molecule has 5 heterocycles. The molecular weight excluding hydrogens is 414 g/mol. The van der Waals surface area contributed by atoms with Crippen LogP contribution in [0.5, 0.6) is 5.88 Å². The van der Waals surface area contributed by atoms with Crippen LogP contribution in [0.4, 0.5) is 5.69 Å². The van der Waals surface area contributed by atoms with E-state index < -0.39 is 0 Å². The van der Waals surface area contributed by atoms with E-state index in [-0.39, 0.29) is 6.04 Å². The molecule has 0 fully saturated rings. The van der Waals surface area contributed by atoms with Crippen molar-refractivity contribution >= 4 is 22.4 Å². The second-order valence-electron chi connectivity index (χ2n) is 8.21. The van der Waals surface area contributed by atoms with Crippen LogP contribution >= 0.6 is 0 Å². The summed E-state index contributed by atoms with van der Waals surface area (Å²) < 4.78 is 9.84. The lowest BCUT2D eigenvalue weighted by atomic mass is 10.1. The predicted octanol–water partition coefficient (Wildman–Crippen LogP) is 5.04. The van der Waals surface area contributed by atoms with Crippen molar-refractivity contribution in [3.05, 3.63) is 66.4 Å². The van der Waals surface area contributed by atoms with Gasteiger partial charge < -0.3 is 14.5 Å². The fraction of sp³-hybridized carbons (Fsp3) is 0.280. The minimum Gasteiger partial charge on any atom is -0.477 e. The summed E-state index contributed by atoms with van der Waals surface area (Å²) in [6.07, 6.45) is 7.51. The second-order valence-corrected chi connectivity index (χ2v) is 8.21. The summed E-state index contributed by atoms with van der Waals surface area (Å²) in [5.41, 5.74) is 7.42. The first-order valence-electron chi connectivity index (χ1n) is 11.2. The molecule has 0 saturated carbocycles. The third-order valence-electron chi connectivity index (χ3n) is 5.61. The van der Waals surface area contributed by atoms with Gasteiger partial charge in [-0.05, 0) is 52.0 Å². The number of fused-ring (bicyclic) bond motifs is 2. The molecule has 5 rings (SSSR count). The summed E-state index contributed by atoms with van der Waals surface area (Å²) >= 11 is 0. The molecule has 0 unspecified atom stereocenters. The van der Waals surface area contributed by atoms with Crippen LogP contribution in [0.3, 0.4) is 0 Å². The van der Waals surface area contributed by atoms with E-state index in [1.807, 2.05) is 59.7 Å². The van der Waals surface area contributed by atoms with Crippen molar-refractivity contribution in [2.24, 2.45) is 0 Å². The average Bonchev–Trinajstić information content (AvgIpc) is 3.43. The minimum absolute atomic E-state index is 0.197. The van der Waals surface area contributed by atoms with E-state index in [0.717, 1.165) is 44.9 Å². The molecular formula is C25H27N7O. The largest absolute Gasteiger partial charge is 0.477 e. The van der Waals surface area contributed by atoms with Crippen molar-refractivity contribution < 1.29 is 4.74 Å². The molecule has 0 radical (unpaired) electrons. The molecule has 0 atom stereocenters. The highest BCUT2D eigenvalue weighted by Crippen LogP contribution is 2.34. The van der Waals surface area contributed by atoms with E-state index >= 15 is 0 Å². The molecule has 5 aromatic heterocycles. The Hall–Kier alpha value is -3.94. The van der Waals surface area contributed by atoms with Gasteiger partial charge in [0.05, 0.1) is 29.2 Å². The molecule has 5 aromatic rings. The number of aryl methyl sites for hydroxylation is 1. The predicted molar refractivity (Wildman–Crippen MR) is 130 cm³/mol. The number of anilines is 1. The summed E-state index contributed by atoms with van der Waals surface area (Å²) in [6.45, 7) is 9.37. The summed E-state index contributed by atoms with van der Waals surface area (Å²) in [4.78, 5) is 13.9. The van der Waals surface area contributed by atoms with Crippen LogP contribution in [-0.4, -0.2) is 35.7 Å². The zero-order valence-corrected chi connectivity index (χ0v) is 19.3. The summed E-state index contributed by atoms with van der Waals surface area (Å²) in [5.74, 6) is 0.578. The van der Waals surface area contributed by atoms with E-state index in [2.05, 4.69) is 41.3 Å². The quantitative estimate of drug-likeness (QED) is 0.381. The molecule has 0 bridgehead atoms. The minimum atomic E-state index is 0.197. The Kier molecular flexibility index (Phi) is 5.42. The number of nitrogens with zero attached hydrogens (tertiary/aromatic N) is 6. The fourth-order valence-corrected chi connectivity index (χ4v) is 4.10. The van der Waals surface area contributed by atoms with Gasteiger partial charge in [0.2, 0.25) is 5.88 Å². The Morgan fingerprint density at radius 1 is 1.09 bits per heavy atom. The first-order chi connectivity index (χ1) is 16.1. The molecule has 0 amide bonds. The fourth-order valence-electron chi connectivity index (χ4n) is 4.10. The van der Waals surface area contributed by atoms with E-state index in [0.29, 0.717) is 19.0 Å². The van der Waals surface area contributed by atoms with Crippen LogP contribution in [0.1, 0.15) is 38.1 Å². The van der Waals surface area contributed by atoms with Crippen molar-refractivity contribution in [2.45, 2.75) is 40.3 Å². The average molecular weight is 442 g/mol. The van der Waals surface area contributed by atoms with Crippen molar-refractivity contribution in [3.63, 3.8) is 0 Å². The number of aromatic nitrogens is 6. The van der Waals surface area contributed by atoms with Crippen LogP contribution < -0.4 is 10.1 Å². The maximum atomic E-state index is 5.78. The van der Waals surface area contributed by atoms with Crippen LogP contribution in [0.25, 0.3) is 27.9 Å². The summed E-state index contributed by atoms with van der Waals surface area (Å²) in [5, 5.41) is 8.43. The molecule has 0 aliphatic carbocycles. The molecule has 33 heavy (non-hydrogen) atoms. The lowest BCUT2D eigenvalue weighted by Crippen LogP contribution is -2.08. The standard InChI is InChI=1S/C25H27N7O/c1-5-33-25-19(9-6-10-27-25)20-14-21(23-22(29-20)17(4)30-32(23)16(2)3)28-15-18-8-7-12-31-13-11-26-24(18)31/h6-14,16H,5,15H2,1-4H3,(H,28,29). The molecule has 0 spiro atoms. The van der Waals surface area contributed by atoms with Crippen LogP contribution in [0.15, 0.2) is 55.1 Å². The van der Waals surface area contributed by atoms with Crippen molar-refractivity contribution in [1.29, 1.82) is 0 Å². The zero-order chi connectivity index (χ0) is 22.9. The summed E-state index contributed by atoms with van der Waals surface area (Å²) in [7, 11) is 0. The molecule has 8 heteroatoms. The number of ether oxygens (including phenoxy) is 1. The Bertz CT molecular complexity index is 1430. The first-order valence-corrected chi connectivity index (χ1v) is 11.2. The molecule has 0 aromatic carbocycles. The topological polar surface area (TPSA) is 82.2 Å². The Morgan fingerprint density at radius 3 is 2.79 bits per heavy atom. The number of imidazole rings is 1. The van der Waals surface area contributed by atoms with E-state index in [1.54, 1.807) is 6.20 Å². The first kappa shape index (κ1) is 20.9. The molecule has 8 nitrogen and oxygen atoms in total. The van der Waals surface area contributed by atoms with Gasteiger partial charge in [-0.25, -0.2) is 15.0 Å². The van der Waals surface area contributed by atoms with Crippen molar-refractivity contribution in [2.75, 3.05) is 11.9 Å². The lowest BCUT2D eigenvalue weighted by Gasteiger charge is -2.15. The monoisotopic (exact) mass is 441 g/mol. The van der Waals surface area contributed by atoms with Gasteiger partial charge >= 0.3 is 0 Å². The Balaban J connectivity index is 1.65. The Morgan fingerprint density at radius 2 is 1.97 bits per heavy atom. The van der Waals surface area contributed by atoms with Gasteiger partial charge in [-0.2, -0.15) is 5.10 Å². The van der Waals surface area contributed by atoms with E-state index in [9.17, 15) is 0 Å². The van der Waals surface area contributed by atoms with Gasteiger partial charge in [0.25, 0.3) is 0 Å². The highest BCUT2D eigenvalue weighted by Gasteiger charge is 2.19. The van der Waals surface area contributed by atoms with Gasteiger partial charge in [0.1, 0.15) is 16.7 Å². The van der Waals surface area contributed by atoms with Gasteiger partial charge in [0, 0.05) is 42.9 Å². The number of hydrogen-bond donors (Lipinski definition) is 1. The molecule has 0 aliphatic heterocycles. The van der Waals surface area contributed by atoms with Crippen LogP contribution in [-0.2, 0) is 6.54 Å². The number of pyridine rings is 3. The number of hydrogen-bond acceptors (Lipinski definition) is 6. The maximum Gasteiger partial charge on any atom is 0.222 e. The van der Waals surface area contributed by atoms with Crippen molar-refractivity contribution in [1.82, 2.24) is 29.1 Å². The zero-order valence-electron chi connectivity index (χ0n) is 19.3. The summed E-state index contributed by atoms with van der Waals surface area (Å²) in [6, 6.07) is 10.3. The van der Waals surface area contributed by atoms with Crippen molar-refractivity contribution in [3.8, 4) is 17.1 Å². The van der Waals surface area contributed by atoms with Crippen LogP contribution in [0.2, 0.25) is 0 Å². The number of rotatable bonds is 7. The number of nitrogens with one attached hydrogen (secondary N) is 1. The molecule has 0 aliphatic rings. The van der Waals surface area contributed by atoms with Gasteiger partial charge in [-0.1, -0.05) is 6.07 Å². The second kappa shape index (κ2) is 8.54. The van der Waals surface area contributed by atoms with E-state index in [1.165, 1.54) is 0 Å². The molecule has 1 N–H and O–H groups in total. The molecule has 168 valence electrons. The maximum absolute atomic E-state index is 5.78. The SMILES string of the molecule is CCOc1ncccc1-c1cc(NCc2cccn3ccnc23)c2c(n1)c(C)nn2C(C)C. The third kappa shape index (κ3) is 3.77. The lowest BCUT2D eigenvalue weighted by molar-refractivity contribution is 0.328.